The van der Waals surface area contributed by atoms with Crippen molar-refractivity contribution in [2.45, 2.75) is 33.1 Å². The van der Waals surface area contributed by atoms with Gasteiger partial charge in [0, 0.05) is 22.3 Å². The predicted octanol–water partition coefficient (Wildman–Crippen LogP) is 6.73. The molecule has 3 aromatic carbocycles. The molecule has 0 radical (unpaired) electrons. The van der Waals surface area contributed by atoms with E-state index in [1.54, 1.807) is 0 Å². The van der Waals surface area contributed by atoms with Gasteiger partial charge < -0.3 is 8.83 Å². The predicted molar refractivity (Wildman–Crippen MR) is 127 cm³/mol. The summed E-state index contributed by atoms with van der Waals surface area (Å²) in [4.78, 5) is 0. The first-order valence-corrected chi connectivity index (χ1v) is 10.8. The summed E-state index contributed by atoms with van der Waals surface area (Å²) in [6.45, 7) is 8.59. The van der Waals surface area contributed by atoms with Crippen LogP contribution in [0.5, 0.6) is 0 Å². The number of rotatable bonds is 4. The number of hydrogen-bond donors (Lipinski definition) is 0. The molecule has 0 aliphatic carbocycles. The fraction of sp³-hybridized carbons (Fsp3) is 0.185. The molecular weight excluding hydrogens is 412 g/mol. The van der Waals surface area contributed by atoms with Gasteiger partial charge in [-0.25, -0.2) is 0 Å². The molecule has 164 valence electrons. The van der Waals surface area contributed by atoms with E-state index in [9.17, 15) is 0 Å². The summed E-state index contributed by atoms with van der Waals surface area (Å²) in [5.74, 6) is 1.84. The standard InChI is InChI=1S/C27H24N4O2/c1-17-7-5-8-19(15-17)24-29-31-26(33-24)21-10-6-9-20(16-21)25-30-28-23(32-25)18-11-13-22(14-12-18)27(2,3)4/h5-16H,1-4H3. The van der Waals surface area contributed by atoms with E-state index in [2.05, 4.69) is 53.3 Å². The van der Waals surface area contributed by atoms with Gasteiger partial charge in [-0.3, -0.25) is 0 Å². The van der Waals surface area contributed by atoms with Crippen molar-refractivity contribution < 1.29 is 8.83 Å². The largest absolute Gasteiger partial charge is 0.416 e. The number of benzene rings is 3. The minimum Gasteiger partial charge on any atom is -0.416 e. The first-order valence-electron chi connectivity index (χ1n) is 10.8. The van der Waals surface area contributed by atoms with Gasteiger partial charge in [-0.1, -0.05) is 56.7 Å². The second-order valence-electron chi connectivity index (χ2n) is 9.10. The molecular formula is C27H24N4O2. The topological polar surface area (TPSA) is 77.8 Å². The van der Waals surface area contributed by atoms with Gasteiger partial charge in [-0.2, -0.15) is 0 Å². The van der Waals surface area contributed by atoms with E-state index in [1.165, 1.54) is 5.56 Å². The Bertz CT molecular complexity index is 1410. The second kappa shape index (κ2) is 8.13. The Balaban J connectivity index is 1.41. The molecule has 6 heteroatoms. The SMILES string of the molecule is Cc1cccc(-c2nnc(-c3cccc(-c4nnc(-c5ccc(C(C)(C)C)cc5)o4)c3)o2)c1. The molecule has 6 nitrogen and oxygen atoms in total. The van der Waals surface area contributed by atoms with E-state index in [4.69, 9.17) is 8.83 Å². The zero-order chi connectivity index (χ0) is 23.0. The van der Waals surface area contributed by atoms with Gasteiger partial charge in [-0.05, 0) is 60.4 Å². The minimum atomic E-state index is 0.0902. The van der Waals surface area contributed by atoms with Gasteiger partial charge in [0.1, 0.15) is 0 Å². The van der Waals surface area contributed by atoms with Crippen molar-refractivity contribution in [1.29, 1.82) is 0 Å². The van der Waals surface area contributed by atoms with Gasteiger partial charge >= 0.3 is 0 Å². The van der Waals surface area contributed by atoms with E-state index in [0.29, 0.717) is 23.6 Å². The van der Waals surface area contributed by atoms with E-state index in [-0.39, 0.29) is 5.41 Å². The Morgan fingerprint density at radius 1 is 0.545 bits per heavy atom. The van der Waals surface area contributed by atoms with Crippen LogP contribution in [0.4, 0.5) is 0 Å². The molecule has 0 aliphatic heterocycles. The Hall–Kier alpha value is -4.06. The fourth-order valence-electron chi connectivity index (χ4n) is 3.59. The zero-order valence-corrected chi connectivity index (χ0v) is 19.0. The molecule has 5 aromatic rings. The van der Waals surface area contributed by atoms with Crippen LogP contribution in [0.1, 0.15) is 31.9 Å². The van der Waals surface area contributed by atoms with Gasteiger partial charge in [0.15, 0.2) is 0 Å². The molecule has 0 N–H and O–H groups in total. The summed E-state index contributed by atoms with van der Waals surface area (Å²) in [5.41, 5.74) is 5.83. The molecule has 0 aliphatic rings. The van der Waals surface area contributed by atoms with Crippen LogP contribution in [0.25, 0.3) is 45.8 Å². The molecule has 0 bridgehead atoms. The van der Waals surface area contributed by atoms with Crippen molar-refractivity contribution in [3.63, 3.8) is 0 Å². The highest BCUT2D eigenvalue weighted by Crippen LogP contribution is 2.30. The van der Waals surface area contributed by atoms with Crippen LogP contribution in [0.2, 0.25) is 0 Å². The zero-order valence-electron chi connectivity index (χ0n) is 19.0. The smallest absolute Gasteiger partial charge is 0.248 e. The van der Waals surface area contributed by atoms with E-state index >= 15 is 0 Å². The fourth-order valence-corrected chi connectivity index (χ4v) is 3.59. The van der Waals surface area contributed by atoms with Crippen LogP contribution >= 0.6 is 0 Å². The van der Waals surface area contributed by atoms with E-state index in [0.717, 1.165) is 27.8 Å². The van der Waals surface area contributed by atoms with Crippen molar-refractivity contribution in [3.05, 3.63) is 83.9 Å². The van der Waals surface area contributed by atoms with Crippen molar-refractivity contribution in [1.82, 2.24) is 20.4 Å². The lowest BCUT2D eigenvalue weighted by molar-refractivity contribution is 0.581. The normalized spacial score (nSPS) is 11.6. The highest BCUT2D eigenvalue weighted by molar-refractivity contribution is 5.66. The minimum absolute atomic E-state index is 0.0902. The maximum atomic E-state index is 5.97. The average Bonchev–Trinajstić information content (AvgIpc) is 3.49. The molecule has 0 saturated heterocycles. The molecule has 0 spiro atoms. The first kappa shape index (κ1) is 20.8. The number of hydrogen-bond acceptors (Lipinski definition) is 6. The summed E-state index contributed by atoms with van der Waals surface area (Å²) in [6, 6.07) is 23.8. The molecule has 0 unspecified atom stereocenters. The lowest BCUT2D eigenvalue weighted by Crippen LogP contribution is -2.10. The lowest BCUT2D eigenvalue weighted by atomic mass is 9.87. The highest BCUT2D eigenvalue weighted by Gasteiger charge is 2.16. The third kappa shape index (κ3) is 4.32. The van der Waals surface area contributed by atoms with Crippen molar-refractivity contribution >= 4 is 0 Å². The first-order chi connectivity index (χ1) is 15.9. The van der Waals surface area contributed by atoms with Gasteiger partial charge in [0.2, 0.25) is 23.6 Å². The van der Waals surface area contributed by atoms with Crippen molar-refractivity contribution in [2.24, 2.45) is 0 Å². The molecule has 0 fully saturated rings. The summed E-state index contributed by atoms with van der Waals surface area (Å²) < 4.78 is 11.9. The van der Waals surface area contributed by atoms with E-state index in [1.807, 2.05) is 67.6 Å². The summed E-state index contributed by atoms with van der Waals surface area (Å²) in [7, 11) is 0. The molecule has 33 heavy (non-hydrogen) atoms. The van der Waals surface area contributed by atoms with Gasteiger partial charge in [0.25, 0.3) is 0 Å². The van der Waals surface area contributed by atoms with Gasteiger partial charge in [0.05, 0.1) is 0 Å². The lowest BCUT2D eigenvalue weighted by Gasteiger charge is -2.18. The molecule has 0 atom stereocenters. The molecule has 0 amide bonds. The maximum Gasteiger partial charge on any atom is 0.248 e. The second-order valence-corrected chi connectivity index (χ2v) is 9.10. The van der Waals surface area contributed by atoms with Crippen LogP contribution in [0.3, 0.4) is 0 Å². The number of nitrogens with zero attached hydrogens (tertiary/aromatic N) is 4. The summed E-state index contributed by atoms with van der Waals surface area (Å²) in [6.07, 6.45) is 0. The maximum absolute atomic E-state index is 5.97. The monoisotopic (exact) mass is 436 g/mol. The quantitative estimate of drug-likeness (QED) is 0.311. The number of aromatic nitrogens is 4. The number of aryl methyl sites for hydroxylation is 1. The Morgan fingerprint density at radius 2 is 1.00 bits per heavy atom. The Labute approximate surface area is 192 Å². The summed E-state index contributed by atoms with van der Waals surface area (Å²) in [5, 5.41) is 16.9. The summed E-state index contributed by atoms with van der Waals surface area (Å²) >= 11 is 0. The van der Waals surface area contributed by atoms with Crippen molar-refractivity contribution in [2.75, 3.05) is 0 Å². The molecule has 2 heterocycles. The Morgan fingerprint density at radius 3 is 1.48 bits per heavy atom. The van der Waals surface area contributed by atoms with Crippen LogP contribution in [-0.4, -0.2) is 20.4 Å². The average molecular weight is 437 g/mol. The van der Waals surface area contributed by atoms with Crippen LogP contribution in [-0.2, 0) is 5.41 Å². The molecule has 0 saturated carbocycles. The van der Waals surface area contributed by atoms with Crippen LogP contribution < -0.4 is 0 Å². The third-order valence-electron chi connectivity index (χ3n) is 5.47. The molecule has 2 aromatic heterocycles. The van der Waals surface area contributed by atoms with Crippen LogP contribution in [0, 0.1) is 6.92 Å². The Kier molecular flexibility index (Phi) is 5.13. The van der Waals surface area contributed by atoms with E-state index < -0.39 is 0 Å². The molecule has 5 rings (SSSR count). The third-order valence-corrected chi connectivity index (χ3v) is 5.47. The van der Waals surface area contributed by atoms with Crippen molar-refractivity contribution in [3.8, 4) is 45.8 Å². The highest BCUT2D eigenvalue weighted by atomic mass is 16.4. The van der Waals surface area contributed by atoms with Gasteiger partial charge in [-0.15, -0.1) is 20.4 Å². The van der Waals surface area contributed by atoms with Crippen LogP contribution in [0.15, 0.2) is 81.6 Å².